The summed E-state index contributed by atoms with van der Waals surface area (Å²) in [7, 11) is 1.64. The number of para-hydroxylation sites is 1. The second-order valence-electron chi connectivity index (χ2n) is 3.60. The SMILES string of the molecule is CCc1cc(-c2ccccc2OC)nnc1Cl. The number of benzene rings is 1. The molecule has 3 nitrogen and oxygen atoms in total. The number of hydrogen-bond donors (Lipinski definition) is 0. The van der Waals surface area contributed by atoms with Gasteiger partial charge in [-0.2, -0.15) is 0 Å². The van der Waals surface area contributed by atoms with Crippen molar-refractivity contribution in [2.24, 2.45) is 0 Å². The molecular weight excluding hydrogens is 236 g/mol. The molecule has 1 heterocycles. The van der Waals surface area contributed by atoms with Gasteiger partial charge in [0.05, 0.1) is 12.8 Å². The number of rotatable bonds is 3. The van der Waals surface area contributed by atoms with Crippen molar-refractivity contribution < 1.29 is 4.74 Å². The summed E-state index contributed by atoms with van der Waals surface area (Å²) in [6.07, 6.45) is 0.830. The maximum atomic E-state index is 5.95. The van der Waals surface area contributed by atoms with Gasteiger partial charge in [-0.05, 0) is 30.2 Å². The molecule has 17 heavy (non-hydrogen) atoms. The first-order valence-electron chi connectivity index (χ1n) is 5.41. The lowest BCUT2D eigenvalue weighted by Gasteiger charge is -2.08. The Hall–Kier alpha value is -1.61. The maximum absolute atomic E-state index is 5.95. The van der Waals surface area contributed by atoms with Crippen LogP contribution in [-0.2, 0) is 6.42 Å². The Balaban J connectivity index is 2.53. The van der Waals surface area contributed by atoms with Crippen molar-refractivity contribution in [3.63, 3.8) is 0 Å². The van der Waals surface area contributed by atoms with Crippen molar-refractivity contribution in [2.75, 3.05) is 7.11 Å². The zero-order valence-corrected chi connectivity index (χ0v) is 10.5. The summed E-state index contributed by atoms with van der Waals surface area (Å²) in [4.78, 5) is 0. The van der Waals surface area contributed by atoms with Crippen LogP contribution < -0.4 is 4.74 Å². The van der Waals surface area contributed by atoms with E-state index in [1.807, 2.05) is 37.3 Å². The van der Waals surface area contributed by atoms with Crippen molar-refractivity contribution >= 4 is 11.6 Å². The van der Waals surface area contributed by atoms with Crippen LogP contribution in [0, 0.1) is 0 Å². The highest BCUT2D eigenvalue weighted by molar-refractivity contribution is 6.30. The smallest absolute Gasteiger partial charge is 0.154 e. The van der Waals surface area contributed by atoms with Gasteiger partial charge in [0.15, 0.2) is 5.15 Å². The van der Waals surface area contributed by atoms with E-state index in [-0.39, 0.29) is 0 Å². The average Bonchev–Trinajstić information content (AvgIpc) is 2.39. The fourth-order valence-corrected chi connectivity index (χ4v) is 1.88. The molecule has 0 fully saturated rings. The molecule has 0 aliphatic rings. The van der Waals surface area contributed by atoms with Gasteiger partial charge in [0.2, 0.25) is 0 Å². The second-order valence-corrected chi connectivity index (χ2v) is 3.96. The van der Waals surface area contributed by atoms with Crippen LogP contribution in [-0.4, -0.2) is 17.3 Å². The lowest BCUT2D eigenvalue weighted by Crippen LogP contribution is -1.95. The van der Waals surface area contributed by atoms with Crippen LogP contribution in [0.4, 0.5) is 0 Å². The molecule has 0 aliphatic carbocycles. The summed E-state index contributed by atoms with van der Waals surface area (Å²) < 4.78 is 5.30. The van der Waals surface area contributed by atoms with E-state index in [0.717, 1.165) is 29.0 Å². The number of aryl methyl sites for hydroxylation is 1. The largest absolute Gasteiger partial charge is 0.496 e. The van der Waals surface area contributed by atoms with E-state index in [4.69, 9.17) is 16.3 Å². The van der Waals surface area contributed by atoms with Crippen LogP contribution in [0.3, 0.4) is 0 Å². The highest BCUT2D eigenvalue weighted by Crippen LogP contribution is 2.29. The lowest BCUT2D eigenvalue weighted by molar-refractivity contribution is 0.416. The predicted octanol–water partition coefficient (Wildman–Crippen LogP) is 3.37. The molecule has 0 saturated heterocycles. The second kappa shape index (κ2) is 5.15. The maximum Gasteiger partial charge on any atom is 0.154 e. The molecule has 4 heteroatoms. The highest BCUT2D eigenvalue weighted by atomic mass is 35.5. The molecule has 0 N–H and O–H groups in total. The Morgan fingerprint density at radius 3 is 2.71 bits per heavy atom. The van der Waals surface area contributed by atoms with Gasteiger partial charge < -0.3 is 4.74 Å². The van der Waals surface area contributed by atoms with Gasteiger partial charge in [-0.3, -0.25) is 0 Å². The Labute approximate surface area is 105 Å². The molecule has 0 unspecified atom stereocenters. The number of ether oxygens (including phenoxy) is 1. The van der Waals surface area contributed by atoms with Crippen LogP contribution in [0.5, 0.6) is 5.75 Å². The average molecular weight is 249 g/mol. The number of hydrogen-bond acceptors (Lipinski definition) is 3. The lowest BCUT2D eigenvalue weighted by atomic mass is 10.1. The predicted molar refractivity (Wildman–Crippen MR) is 68.4 cm³/mol. The van der Waals surface area contributed by atoms with Crippen molar-refractivity contribution in [3.05, 3.63) is 41.0 Å². The molecule has 0 spiro atoms. The standard InChI is InChI=1S/C13H13ClN2O/c1-3-9-8-11(15-16-13(9)14)10-6-4-5-7-12(10)17-2/h4-8H,3H2,1-2H3. The molecule has 0 amide bonds. The van der Waals surface area contributed by atoms with Crippen LogP contribution >= 0.6 is 11.6 Å². The minimum atomic E-state index is 0.464. The van der Waals surface area contributed by atoms with Gasteiger partial charge >= 0.3 is 0 Å². The number of aromatic nitrogens is 2. The Bertz CT molecular complexity index is 529. The summed E-state index contributed by atoms with van der Waals surface area (Å²) >= 11 is 5.95. The van der Waals surface area contributed by atoms with Crippen molar-refractivity contribution in [3.8, 4) is 17.0 Å². The third-order valence-corrected chi connectivity index (χ3v) is 2.90. The van der Waals surface area contributed by atoms with Crippen LogP contribution in [0.1, 0.15) is 12.5 Å². The molecule has 0 radical (unpaired) electrons. The van der Waals surface area contributed by atoms with E-state index >= 15 is 0 Å². The Morgan fingerprint density at radius 2 is 2.00 bits per heavy atom. The first-order valence-corrected chi connectivity index (χ1v) is 5.79. The Morgan fingerprint density at radius 1 is 1.24 bits per heavy atom. The molecule has 2 aromatic rings. The van der Waals surface area contributed by atoms with Crippen molar-refractivity contribution in [2.45, 2.75) is 13.3 Å². The zero-order valence-electron chi connectivity index (χ0n) is 9.77. The normalized spacial score (nSPS) is 10.3. The number of halogens is 1. The summed E-state index contributed by atoms with van der Waals surface area (Å²) in [5, 5.41) is 8.53. The van der Waals surface area contributed by atoms with Gasteiger partial charge in [0.1, 0.15) is 5.75 Å². The summed E-state index contributed by atoms with van der Waals surface area (Å²) in [5.74, 6) is 0.783. The van der Waals surface area contributed by atoms with E-state index in [1.54, 1.807) is 7.11 Å². The molecule has 2 rings (SSSR count). The van der Waals surface area contributed by atoms with Gasteiger partial charge in [-0.15, -0.1) is 10.2 Å². The van der Waals surface area contributed by atoms with Gasteiger partial charge in [-0.25, -0.2) is 0 Å². The number of nitrogens with zero attached hydrogens (tertiary/aromatic N) is 2. The first-order chi connectivity index (χ1) is 8.26. The third kappa shape index (κ3) is 2.39. The van der Waals surface area contributed by atoms with E-state index in [0.29, 0.717) is 5.15 Å². The first kappa shape index (κ1) is 11.9. The van der Waals surface area contributed by atoms with Crippen LogP contribution in [0.15, 0.2) is 30.3 Å². The van der Waals surface area contributed by atoms with Gasteiger partial charge in [0.25, 0.3) is 0 Å². The van der Waals surface area contributed by atoms with E-state index in [2.05, 4.69) is 10.2 Å². The minimum Gasteiger partial charge on any atom is -0.496 e. The minimum absolute atomic E-state index is 0.464. The molecule has 0 atom stereocenters. The van der Waals surface area contributed by atoms with E-state index in [1.165, 1.54) is 0 Å². The van der Waals surface area contributed by atoms with E-state index < -0.39 is 0 Å². The van der Waals surface area contributed by atoms with Gasteiger partial charge in [-0.1, -0.05) is 30.7 Å². The zero-order chi connectivity index (χ0) is 12.3. The number of methoxy groups -OCH3 is 1. The topological polar surface area (TPSA) is 35.0 Å². The summed E-state index contributed by atoms with van der Waals surface area (Å²) in [5.41, 5.74) is 2.69. The molecular formula is C13H13ClN2O. The highest BCUT2D eigenvalue weighted by Gasteiger charge is 2.09. The molecule has 1 aromatic heterocycles. The van der Waals surface area contributed by atoms with Crippen molar-refractivity contribution in [1.82, 2.24) is 10.2 Å². The molecule has 0 saturated carbocycles. The van der Waals surface area contributed by atoms with E-state index in [9.17, 15) is 0 Å². The summed E-state index contributed by atoms with van der Waals surface area (Å²) in [6.45, 7) is 2.04. The third-order valence-electron chi connectivity index (χ3n) is 2.59. The van der Waals surface area contributed by atoms with Crippen molar-refractivity contribution in [1.29, 1.82) is 0 Å². The van der Waals surface area contributed by atoms with Crippen LogP contribution in [0.25, 0.3) is 11.3 Å². The Kier molecular flexibility index (Phi) is 3.59. The van der Waals surface area contributed by atoms with Gasteiger partial charge in [0, 0.05) is 5.56 Å². The fourth-order valence-electron chi connectivity index (χ4n) is 1.65. The molecule has 0 bridgehead atoms. The molecule has 0 aliphatic heterocycles. The fraction of sp³-hybridized carbons (Fsp3) is 0.231. The molecule has 88 valence electrons. The quantitative estimate of drug-likeness (QED) is 0.835. The molecule has 1 aromatic carbocycles. The monoisotopic (exact) mass is 248 g/mol. The van der Waals surface area contributed by atoms with Crippen LogP contribution in [0.2, 0.25) is 5.15 Å². The summed E-state index contributed by atoms with van der Waals surface area (Å²) in [6, 6.07) is 9.67.